The Morgan fingerprint density at radius 3 is 1.88 bits per heavy atom. The summed E-state index contributed by atoms with van der Waals surface area (Å²) >= 11 is 3.47. The van der Waals surface area contributed by atoms with E-state index in [-0.39, 0.29) is 11.4 Å². The van der Waals surface area contributed by atoms with Crippen LogP contribution < -0.4 is 5.32 Å². The van der Waals surface area contributed by atoms with Gasteiger partial charge in [-0.3, -0.25) is 4.79 Å². The first-order chi connectivity index (χ1) is 7.86. The van der Waals surface area contributed by atoms with Gasteiger partial charge in [0.15, 0.2) is 0 Å². The summed E-state index contributed by atoms with van der Waals surface area (Å²) in [6, 6.07) is 0. The summed E-state index contributed by atoms with van der Waals surface area (Å²) in [5, 5.41) is 3.38. The number of nitrogens with one attached hydrogen (secondary N) is 1. The monoisotopic (exact) mass is 299 g/mol. The largest absolute Gasteiger partial charge is 0.349 e. The molecule has 4 fully saturated rings. The summed E-state index contributed by atoms with van der Waals surface area (Å²) in [4.78, 5) is 12.2. The summed E-state index contributed by atoms with van der Waals surface area (Å²) < 4.78 is -0.434. The zero-order valence-corrected chi connectivity index (χ0v) is 12.3. The average molecular weight is 300 g/mol. The van der Waals surface area contributed by atoms with Crippen LogP contribution in [0.5, 0.6) is 0 Å². The second-order valence-corrected chi connectivity index (χ2v) is 9.11. The minimum absolute atomic E-state index is 0.150. The minimum atomic E-state index is -0.434. The molecule has 0 heterocycles. The normalized spacial score (nSPS) is 43.8. The second kappa shape index (κ2) is 3.72. The van der Waals surface area contributed by atoms with Gasteiger partial charge >= 0.3 is 0 Å². The van der Waals surface area contributed by atoms with Gasteiger partial charge in [0.1, 0.15) is 0 Å². The number of carbonyl (C=O) groups is 1. The summed E-state index contributed by atoms with van der Waals surface area (Å²) in [5.74, 6) is 2.83. The van der Waals surface area contributed by atoms with Gasteiger partial charge in [0.25, 0.3) is 0 Å². The van der Waals surface area contributed by atoms with E-state index in [0.29, 0.717) is 0 Å². The Hall–Kier alpha value is -0.0500. The Morgan fingerprint density at radius 2 is 1.53 bits per heavy atom. The topological polar surface area (TPSA) is 29.1 Å². The van der Waals surface area contributed by atoms with Crippen LogP contribution >= 0.6 is 15.9 Å². The van der Waals surface area contributed by atoms with Crippen molar-refractivity contribution in [2.45, 2.75) is 62.2 Å². The van der Waals surface area contributed by atoms with Crippen LogP contribution in [0.15, 0.2) is 0 Å². The third-order valence-electron chi connectivity index (χ3n) is 4.96. The summed E-state index contributed by atoms with van der Waals surface area (Å²) in [6.07, 6.45) is 7.96. The van der Waals surface area contributed by atoms with Crippen molar-refractivity contribution >= 4 is 21.8 Å². The van der Waals surface area contributed by atoms with E-state index in [0.717, 1.165) is 17.8 Å². The molecule has 4 rings (SSSR count). The van der Waals surface area contributed by atoms with Crippen LogP contribution in [0.4, 0.5) is 0 Å². The summed E-state index contributed by atoms with van der Waals surface area (Å²) in [6.45, 7) is 3.87. The zero-order valence-electron chi connectivity index (χ0n) is 10.8. The predicted molar refractivity (Wildman–Crippen MR) is 72.1 cm³/mol. The maximum atomic E-state index is 12.2. The van der Waals surface area contributed by atoms with Gasteiger partial charge in [-0.2, -0.15) is 0 Å². The second-order valence-electron chi connectivity index (χ2n) is 7.12. The molecule has 4 bridgehead atoms. The number of hydrogen-bond acceptors (Lipinski definition) is 1. The number of carbonyl (C=O) groups excluding carboxylic acids is 1. The van der Waals surface area contributed by atoms with Gasteiger partial charge in [0.05, 0.1) is 4.32 Å². The lowest BCUT2D eigenvalue weighted by Crippen LogP contribution is -2.61. The van der Waals surface area contributed by atoms with E-state index in [4.69, 9.17) is 0 Å². The number of amides is 1. The number of alkyl halides is 1. The SMILES string of the molecule is CC(C)(Br)C(=O)NC12CC3CC(CC(C3)C1)C2. The molecule has 17 heavy (non-hydrogen) atoms. The smallest absolute Gasteiger partial charge is 0.236 e. The molecule has 0 aromatic rings. The van der Waals surface area contributed by atoms with Crippen molar-refractivity contribution in [1.29, 1.82) is 0 Å². The molecular weight excluding hydrogens is 278 g/mol. The molecule has 0 saturated heterocycles. The number of halogens is 1. The first kappa shape index (κ1) is 12.0. The van der Waals surface area contributed by atoms with E-state index in [1.807, 2.05) is 13.8 Å². The Balaban J connectivity index is 1.76. The van der Waals surface area contributed by atoms with Gasteiger partial charge in [0.2, 0.25) is 5.91 Å². The van der Waals surface area contributed by atoms with E-state index >= 15 is 0 Å². The van der Waals surface area contributed by atoms with E-state index < -0.39 is 4.32 Å². The average Bonchev–Trinajstić information content (AvgIpc) is 2.12. The fraction of sp³-hybridized carbons (Fsp3) is 0.929. The predicted octanol–water partition coefficient (Wildman–Crippen LogP) is 3.24. The number of rotatable bonds is 2. The van der Waals surface area contributed by atoms with Gasteiger partial charge in [-0.25, -0.2) is 0 Å². The van der Waals surface area contributed by atoms with Crippen molar-refractivity contribution in [3.63, 3.8) is 0 Å². The maximum Gasteiger partial charge on any atom is 0.236 e. The van der Waals surface area contributed by atoms with Crippen molar-refractivity contribution < 1.29 is 4.79 Å². The molecule has 1 N–H and O–H groups in total. The molecule has 0 aromatic carbocycles. The standard InChI is InChI=1S/C14H22BrNO/c1-13(2,15)12(17)16-14-6-9-3-10(7-14)5-11(4-9)8-14/h9-11H,3-8H2,1-2H3,(H,16,17). The third-order valence-corrected chi connectivity index (χ3v) is 5.32. The highest BCUT2D eigenvalue weighted by Gasteiger charge is 2.52. The van der Waals surface area contributed by atoms with Gasteiger partial charge < -0.3 is 5.32 Å². The minimum Gasteiger partial charge on any atom is -0.349 e. The molecule has 2 nitrogen and oxygen atoms in total. The molecule has 0 unspecified atom stereocenters. The van der Waals surface area contributed by atoms with Gasteiger partial charge in [-0.1, -0.05) is 15.9 Å². The first-order valence-electron chi connectivity index (χ1n) is 6.88. The molecule has 0 atom stereocenters. The van der Waals surface area contributed by atoms with Crippen molar-refractivity contribution in [1.82, 2.24) is 5.32 Å². The molecular formula is C14H22BrNO. The van der Waals surface area contributed by atoms with E-state index in [1.54, 1.807) is 0 Å². The molecule has 4 aliphatic carbocycles. The molecule has 0 spiro atoms. The van der Waals surface area contributed by atoms with Crippen LogP contribution in [-0.4, -0.2) is 15.8 Å². The molecule has 0 aliphatic heterocycles. The zero-order chi connectivity index (χ0) is 12.3. The Bertz CT molecular complexity index is 309. The van der Waals surface area contributed by atoms with E-state index in [9.17, 15) is 4.79 Å². The lowest BCUT2D eigenvalue weighted by Gasteiger charge is -2.57. The molecule has 0 aromatic heterocycles. The molecule has 96 valence electrons. The first-order valence-corrected chi connectivity index (χ1v) is 7.67. The Labute approximate surface area is 112 Å². The fourth-order valence-electron chi connectivity index (χ4n) is 4.65. The lowest BCUT2D eigenvalue weighted by molar-refractivity contribution is -0.128. The highest BCUT2D eigenvalue weighted by Crippen LogP contribution is 2.55. The van der Waals surface area contributed by atoms with Crippen LogP contribution in [0.1, 0.15) is 52.4 Å². The van der Waals surface area contributed by atoms with Crippen molar-refractivity contribution in [2.75, 3.05) is 0 Å². The maximum absolute atomic E-state index is 12.2. The Kier molecular flexibility index (Phi) is 2.63. The Morgan fingerprint density at radius 1 is 1.12 bits per heavy atom. The third kappa shape index (κ3) is 2.16. The van der Waals surface area contributed by atoms with Crippen LogP contribution in [-0.2, 0) is 4.79 Å². The van der Waals surface area contributed by atoms with Crippen LogP contribution in [0, 0.1) is 17.8 Å². The van der Waals surface area contributed by atoms with Crippen LogP contribution in [0.2, 0.25) is 0 Å². The van der Waals surface area contributed by atoms with Crippen molar-refractivity contribution in [3.05, 3.63) is 0 Å². The van der Waals surface area contributed by atoms with Gasteiger partial charge in [0, 0.05) is 5.54 Å². The molecule has 3 heteroatoms. The van der Waals surface area contributed by atoms with Gasteiger partial charge in [-0.15, -0.1) is 0 Å². The van der Waals surface area contributed by atoms with Crippen LogP contribution in [0.25, 0.3) is 0 Å². The molecule has 1 amide bonds. The van der Waals surface area contributed by atoms with Crippen LogP contribution in [0.3, 0.4) is 0 Å². The highest BCUT2D eigenvalue weighted by molar-refractivity contribution is 9.10. The van der Waals surface area contributed by atoms with E-state index in [1.165, 1.54) is 38.5 Å². The van der Waals surface area contributed by atoms with Crippen molar-refractivity contribution in [3.8, 4) is 0 Å². The molecule has 0 radical (unpaired) electrons. The lowest BCUT2D eigenvalue weighted by atomic mass is 9.53. The van der Waals surface area contributed by atoms with E-state index in [2.05, 4.69) is 21.2 Å². The summed E-state index contributed by atoms with van der Waals surface area (Å²) in [5.41, 5.74) is 0.150. The van der Waals surface area contributed by atoms with Crippen molar-refractivity contribution in [2.24, 2.45) is 17.8 Å². The molecule has 4 aliphatic rings. The highest BCUT2D eigenvalue weighted by atomic mass is 79.9. The molecule has 4 saturated carbocycles. The quantitative estimate of drug-likeness (QED) is 0.779. The fourth-order valence-corrected chi connectivity index (χ4v) is 4.75. The number of hydrogen-bond donors (Lipinski definition) is 1. The summed E-state index contributed by atoms with van der Waals surface area (Å²) in [7, 11) is 0. The van der Waals surface area contributed by atoms with Gasteiger partial charge in [-0.05, 0) is 70.1 Å².